The van der Waals surface area contributed by atoms with E-state index in [-0.39, 0.29) is 41.0 Å². The summed E-state index contributed by atoms with van der Waals surface area (Å²) >= 11 is 2.06. The molecular formula is C30H23FN4O8S2. The highest BCUT2D eigenvalue weighted by Crippen LogP contribution is 2.53. The third-order valence-corrected chi connectivity index (χ3v) is 9.66. The lowest BCUT2D eigenvalue weighted by Gasteiger charge is -2.30. The second-order valence-electron chi connectivity index (χ2n) is 10.0. The second-order valence-corrected chi connectivity index (χ2v) is 12.2. The highest BCUT2D eigenvalue weighted by atomic mass is 32.2. The molecule has 3 atom stereocenters. The number of nitro benzene ring substituents is 1. The van der Waals surface area contributed by atoms with Crippen LogP contribution in [-0.4, -0.2) is 46.1 Å². The normalized spacial score (nSPS) is 18.7. The summed E-state index contributed by atoms with van der Waals surface area (Å²) in [4.78, 5) is 67.1. The molecule has 2 aliphatic heterocycles. The zero-order chi connectivity index (χ0) is 31.8. The van der Waals surface area contributed by atoms with Crippen molar-refractivity contribution in [1.29, 1.82) is 0 Å². The number of fused-ring (bicyclic) bond motifs is 2. The van der Waals surface area contributed by atoms with Crippen LogP contribution in [0.1, 0.15) is 23.3 Å². The number of ether oxygens (including phenoxy) is 2. The molecule has 0 unspecified atom stereocenters. The fraction of sp³-hybridized carbons (Fsp3) is 0.200. The van der Waals surface area contributed by atoms with E-state index in [0.717, 1.165) is 28.0 Å². The highest BCUT2D eigenvalue weighted by Gasteiger charge is 2.56. The van der Waals surface area contributed by atoms with E-state index >= 15 is 0 Å². The Balaban J connectivity index is 1.30. The summed E-state index contributed by atoms with van der Waals surface area (Å²) in [6, 6.07) is 15.4. The minimum atomic E-state index is -0.889. The number of rotatable bonds is 9. The van der Waals surface area contributed by atoms with Crippen molar-refractivity contribution < 1.29 is 33.2 Å². The minimum Gasteiger partial charge on any atom is -0.490 e. The standard InChI is InChI=1S/C30H23FN4O8S2/c1-2-42-21-13-15(3-12-20(21)43-14-22(36)32-17-6-4-16(31)5-7-17)23-24-26(44-27-25(23)45-30(39)33-27)29(38)34(28(24)37)18-8-10-19(11-9-18)35(40)41/h3-13,23-24,26H,2,14H2,1H3,(H,32,36)(H,33,39)/t23-,24-,26+/m0/s1. The topological polar surface area (TPSA) is 161 Å². The molecule has 45 heavy (non-hydrogen) atoms. The number of aromatic nitrogens is 1. The molecule has 3 heterocycles. The summed E-state index contributed by atoms with van der Waals surface area (Å²) in [7, 11) is 0. The summed E-state index contributed by atoms with van der Waals surface area (Å²) in [6.45, 7) is 1.65. The van der Waals surface area contributed by atoms with Crippen molar-refractivity contribution in [3.63, 3.8) is 0 Å². The number of hydrogen-bond acceptors (Lipinski definition) is 10. The number of benzene rings is 3. The fourth-order valence-electron chi connectivity index (χ4n) is 5.33. The molecule has 2 aliphatic rings. The second kappa shape index (κ2) is 12.2. The lowest BCUT2D eigenvalue weighted by Crippen LogP contribution is -2.32. The summed E-state index contributed by atoms with van der Waals surface area (Å²) in [6.07, 6.45) is 0. The number of thiazole rings is 1. The quantitative estimate of drug-likeness (QED) is 0.149. The Hall–Kier alpha value is -5.02. The molecule has 0 spiro atoms. The molecule has 0 saturated carbocycles. The van der Waals surface area contributed by atoms with Crippen LogP contribution < -0.4 is 24.6 Å². The molecule has 3 aromatic carbocycles. The number of thioether (sulfide) groups is 1. The number of halogens is 1. The lowest BCUT2D eigenvalue weighted by molar-refractivity contribution is -0.384. The van der Waals surface area contributed by atoms with Crippen LogP contribution in [0.15, 0.2) is 76.6 Å². The van der Waals surface area contributed by atoms with Crippen LogP contribution in [0.25, 0.3) is 0 Å². The Bertz CT molecular complexity index is 1880. The molecule has 15 heteroatoms. The summed E-state index contributed by atoms with van der Waals surface area (Å²) in [5, 5.41) is 13.4. The Morgan fingerprint density at radius 3 is 2.44 bits per heavy atom. The van der Waals surface area contributed by atoms with Crippen LogP contribution in [-0.2, 0) is 14.4 Å². The van der Waals surface area contributed by atoms with Gasteiger partial charge in [0, 0.05) is 28.6 Å². The molecule has 0 bridgehead atoms. The zero-order valence-electron chi connectivity index (χ0n) is 23.4. The Morgan fingerprint density at radius 1 is 1.02 bits per heavy atom. The number of nitrogens with one attached hydrogen (secondary N) is 2. The van der Waals surface area contributed by atoms with Crippen molar-refractivity contribution in [2.75, 3.05) is 23.4 Å². The number of nitro groups is 1. The van der Waals surface area contributed by atoms with Crippen LogP contribution in [0.2, 0.25) is 0 Å². The molecule has 4 aromatic rings. The molecule has 230 valence electrons. The third kappa shape index (κ3) is 5.79. The Labute approximate surface area is 262 Å². The van der Waals surface area contributed by atoms with Crippen molar-refractivity contribution in [1.82, 2.24) is 4.98 Å². The van der Waals surface area contributed by atoms with Gasteiger partial charge < -0.3 is 19.8 Å². The van der Waals surface area contributed by atoms with E-state index in [0.29, 0.717) is 21.2 Å². The Kier molecular flexibility index (Phi) is 8.12. The van der Waals surface area contributed by atoms with E-state index < -0.39 is 45.5 Å². The lowest BCUT2D eigenvalue weighted by atomic mass is 9.83. The van der Waals surface area contributed by atoms with Crippen molar-refractivity contribution in [3.8, 4) is 11.5 Å². The van der Waals surface area contributed by atoms with Gasteiger partial charge in [0.25, 0.3) is 11.6 Å². The number of carbonyl (C=O) groups excluding carboxylic acids is 3. The van der Waals surface area contributed by atoms with Gasteiger partial charge in [-0.05, 0) is 61.0 Å². The van der Waals surface area contributed by atoms with Gasteiger partial charge in [-0.25, -0.2) is 9.29 Å². The monoisotopic (exact) mass is 650 g/mol. The van der Waals surface area contributed by atoms with E-state index in [9.17, 15) is 33.7 Å². The van der Waals surface area contributed by atoms with Gasteiger partial charge in [0.2, 0.25) is 11.8 Å². The van der Waals surface area contributed by atoms with Crippen LogP contribution in [0.5, 0.6) is 11.5 Å². The highest BCUT2D eigenvalue weighted by molar-refractivity contribution is 8.00. The molecule has 0 radical (unpaired) electrons. The van der Waals surface area contributed by atoms with Crippen LogP contribution in [0.4, 0.5) is 21.5 Å². The van der Waals surface area contributed by atoms with Crippen molar-refractivity contribution in [2.24, 2.45) is 5.92 Å². The minimum absolute atomic E-state index is 0.180. The molecule has 3 amide bonds. The Morgan fingerprint density at radius 2 is 1.76 bits per heavy atom. The molecule has 1 fully saturated rings. The molecular weight excluding hydrogens is 627 g/mol. The molecule has 0 aliphatic carbocycles. The van der Waals surface area contributed by atoms with Gasteiger partial charge in [0.1, 0.15) is 11.1 Å². The number of imide groups is 1. The van der Waals surface area contributed by atoms with Crippen molar-refractivity contribution >= 4 is 57.9 Å². The zero-order valence-corrected chi connectivity index (χ0v) is 25.0. The largest absolute Gasteiger partial charge is 0.490 e. The third-order valence-electron chi connectivity index (χ3n) is 7.26. The maximum Gasteiger partial charge on any atom is 0.305 e. The number of aromatic amines is 1. The average molecular weight is 651 g/mol. The van der Waals surface area contributed by atoms with E-state index in [1.54, 1.807) is 25.1 Å². The van der Waals surface area contributed by atoms with Crippen molar-refractivity contribution in [2.45, 2.75) is 23.1 Å². The molecule has 12 nitrogen and oxygen atoms in total. The van der Waals surface area contributed by atoms with E-state index in [4.69, 9.17) is 9.47 Å². The van der Waals surface area contributed by atoms with E-state index in [2.05, 4.69) is 10.3 Å². The van der Waals surface area contributed by atoms with E-state index in [1.165, 1.54) is 48.5 Å². The first kappa shape index (κ1) is 30.0. The predicted molar refractivity (Wildman–Crippen MR) is 164 cm³/mol. The molecule has 6 rings (SSSR count). The molecule has 1 aromatic heterocycles. The fourth-order valence-corrected chi connectivity index (χ4v) is 7.85. The van der Waals surface area contributed by atoms with Gasteiger partial charge >= 0.3 is 4.87 Å². The summed E-state index contributed by atoms with van der Waals surface area (Å²) < 4.78 is 24.7. The van der Waals surface area contributed by atoms with Gasteiger partial charge in [-0.3, -0.25) is 29.3 Å². The first-order valence-corrected chi connectivity index (χ1v) is 15.3. The predicted octanol–water partition coefficient (Wildman–Crippen LogP) is 4.70. The summed E-state index contributed by atoms with van der Waals surface area (Å²) in [5.74, 6) is -2.97. The number of nitrogens with zero attached hydrogens (tertiary/aromatic N) is 2. The summed E-state index contributed by atoms with van der Waals surface area (Å²) in [5.41, 5.74) is 1.01. The van der Waals surface area contributed by atoms with E-state index in [1.807, 2.05) is 0 Å². The van der Waals surface area contributed by atoms with Gasteiger partial charge in [0.05, 0.1) is 28.2 Å². The van der Waals surface area contributed by atoms with Gasteiger partial charge in [0.15, 0.2) is 18.1 Å². The average Bonchev–Trinajstić information content (AvgIpc) is 3.51. The molecule has 1 saturated heterocycles. The first-order valence-electron chi connectivity index (χ1n) is 13.6. The van der Waals surface area contributed by atoms with Gasteiger partial charge in [-0.15, -0.1) is 0 Å². The number of H-pyrrole nitrogens is 1. The number of hydrogen-bond donors (Lipinski definition) is 2. The van der Waals surface area contributed by atoms with Gasteiger partial charge in [-0.1, -0.05) is 29.2 Å². The number of anilines is 2. The first-order chi connectivity index (χ1) is 21.6. The smallest absolute Gasteiger partial charge is 0.305 e. The van der Waals surface area contributed by atoms with Crippen LogP contribution >= 0.6 is 23.1 Å². The SMILES string of the molecule is CCOc1cc([C@@H]2c3sc(=O)[nH]c3S[C@H]3C(=O)N(c4ccc([N+](=O)[O-])cc4)C(=O)[C@@H]23)ccc1OCC(=O)Nc1ccc(F)cc1. The van der Waals surface area contributed by atoms with Gasteiger partial charge in [-0.2, -0.15) is 0 Å². The maximum atomic E-state index is 13.9. The number of carbonyl (C=O) groups is 3. The maximum absolute atomic E-state index is 13.9. The van der Waals surface area contributed by atoms with Crippen LogP contribution in [0, 0.1) is 21.8 Å². The van der Waals surface area contributed by atoms with Crippen molar-refractivity contribution in [3.05, 3.63) is 103 Å². The number of non-ortho nitro benzene ring substituents is 1. The van der Waals surface area contributed by atoms with Crippen LogP contribution in [0.3, 0.4) is 0 Å². The number of amides is 3. The molecule has 2 N–H and O–H groups in total.